The van der Waals surface area contributed by atoms with E-state index in [1.807, 2.05) is 0 Å². The maximum absolute atomic E-state index is 12.9. The lowest BCUT2D eigenvalue weighted by Crippen LogP contribution is -2.41. The first-order chi connectivity index (χ1) is 15.2. The number of ketones is 1. The van der Waals surface area contributed by atoms with Crippen LogP contribution in [-0.2, 0) is 14.8 Å². The van der Waals surface area contributed by atoms with Crippen LogP contribution < -0.4 is 14.8 Å². The molecule has 32 heavy (non-hydrogen) atoms. The van der Waals surface area contributed by atoms with Gasteiger partial charge >= 0.3 is 0 Å². The Balaban J connectivity index is 1.78. The molecular formula is C23H21ClN2O5S. The average Bonchev–Trinajstić information content (AvgIpc) is 2.80. The van der Waals surface area contributed by atoms with Crippen LogP contribution in [0, 0.1) is 0 Å². The van der Waals surface area contributed by atoms with E-state index < -0.39 is 22.0 Å². The molecule has 0 saturated heterocycles. The van der Waals surface area contributed by atoms with Gasteiger partial charge in [-0.3, -0.25) is 9.59 Å². The van der Waals surface area contributed by atoms with Crippen molar-refractivity contribution in [3.63, 3.8) is 0 Å². The van der Waals surface area contributed by atoms with Crippen molar-refractivity contribution < 1.29 is 22.7 Å². The highest BCUT2D eigenvalue weighted by molar-refractivity contribution is 7.89. The van der Waals surface area contributed by atoms with E-state index in [9.17, 15) is 18.0 Å². The molecule has 1 amide bonds. The molecule has 3 aromatic rings. The molecule has 166 valence electrons. The molecule has 0 heterocycles. The van der Waals surface area contributed by atoms with Crippen molar-refractivity contribution in [3.05, 3.63) is 88.9 Å². The summed E-state index contributed by atoms with van der Waals surface area (Å²) >= 11 is 6.06. The van der Waals surface area contributed by atoms with Crippen molar-refractivity contribution in [1.82, 2.24) is 4.72 Å². The highest BCUT2D eigenvalue weighted by atomic mass is 35.5. The smallest absolute Gasteiger partial charge is 0.242 e. The van der Waals surface area contributed by atoms with E-state index in [1.165, 1.54) is 56.5 Å². The van der Waals surface area contributed by atoms with Gasteiger partial charge in [0.2, 0.25) is 15.9 Å². The second-order valence-corrected chi connectivity index (χ2v) is 9.04. The van der Waals surface area contributed by atoms with E-state index in [0.717, 1.165) is 0 Å². The summed E-state index contributed by atoms with van der Waals surface area (Å²) in [6.07, 6.45) is 0. The van der Waals surface area contributed by atoms with E-state index in [4.69, 9.17) is 16.3 Å². The zero-order chi connectivity index (χ0) is 23.3. The summed E-state index contributed by atoms with van der Waals surface area (Å²) in [5, 5.41) is 2.94. The number of hydrogen-bond donors (Lipinski definition) is 2. The molecule has 7 nitrogen and oxygen atoms in total. The maximum atomic E-state index is 12.9. The second kappa shape index (κ2) is 9.95. The van der Waals surface area contributed by atoms with Crippen LogP contribution in [0.1, 0.15) is 22.8 Å². The lowest BCUT2D eigenvalue weighted by molar-refractivity contribution is -0.117. The SMILES string of the molecule is COc1ccc(S(=O)(=O)N[C@H](C)C(=O)Nc2ccc(Cl)cc2C(=O)c2ccccc2)cc1. The van der Waals surface area contributed by atoms with E-state index in [2.05, 4.69) is 10.0 Å². The molecule has 0 aromatic heterocycles. The fourth-order valence-corrected chi connectivity index (χ4v) is 4.28. The molecule has 3 aromatic carbocycles. The van der Waals surface area contributed by atoms with E-state index >= 15 is 0 Å². The van der Waals surface area contributed by atoms with Gasteiger partial charge in [0.05, 0.1) is 23.7 Å². The van der Waals surface area contributed by atoms with Crippen LogP contribution in [0.3, 0.4) is 0 Å². The number of rotatable bonds is 8. The molecule has 0 saturated carbocycles. The summed E-state index contributed by atoms with van der Waals surface area (Å²) in [5.74, 6) is -0.450. The van der Waals surface area contributed by atoms with Gasteiger partial charge in [-0.05, 0) is 49.4 Å². The van der Waals surface area contributed by atoms with Crippen LogP contribution in [0.15, 0.2) is 77.7 Å². The number of nitrogens with one attached hydrogen (secondary N) is 2. The number of anilines is 1. The normalized spacial score (nSPS) is 12.1. The molecule has 0 aliphatic heterocycles. The Kier molecular flexibility index (Phi) is 7.29. The predicted octanol–water partition coefficient (Wildman–Crippen LogP) is 3.89. The maximum Gasteiger partial charge on any atom is 0.242 e. The summed E-state index contributed by atoms with van der Waals surface area (Å²) in [6.45, 7) is 1.41. The molecule has 3 rings (SSSR count). The Morgan fingerprint density at radius 3 is 2.25 bits per heavy atom. The zero-order valence-electron chi connectivity index (χ0n) is 17.3. The zero-order valence-corrected chi connectivity index (χ0v) is 18.9. The van der Waals surface area contributed by atoms with Gasteiger partial charge in [0, 0.05) is 16.1 Å². The molecular weight excluding hydrogens is 452 g/mol. The summed E-state index contributed by atoms with van der Waals surface area (Å²) in [7, 11) is -2.48. The predicted molar refractivity (Wildman–Crippen MR) is 123 cm³/mol. The average molecular weight is 473 g/mol. The van der Waals surface area contributed by atoms with Crippen molar-refractivity contribution in [2.24, 2.45) is 0 Å². The van der Waals surface area contributed by atoms with Gasteiger partial charge in [-0.25, -0.2) is 8.42 Å². The van der Waals surface area contributed by atoms with Gasteiger partial charge in [0.1, 0.15) is 5.75 Å². The molecule has 0 unspecified atom stereocenters. The minimum Gasteiger partial charge on any atom is -0.497 e. The molecule has 0 radical (unpaired) electrons. The van der Waals surface area contributed by atoms with Crippen molar-refractivity contribution in [2.75, 3.05) is 12.4 Å². The van der Waals surface area contributed by atoms with Crippen LogP contribution in [-0.4, -0.2) is 33.3 Å². The van der Waals surface area contributed by atoms with Crippen molar-refractivity contribution in [1.29, 1.82) is 0 Å². The fraction of sp³-hybridized carbons (Fsp3) is 0.130. The van der Waals surface area contributed by atoms with Crippen molar-refractivity contribution in [3.8, 4) is 5.75 Å². The number of methoxy groups -OCH3 is 1. The first-order valence-electron chi connectivity index (χ1n) is 9.58. The number of halogens is 1. The highest BCUT2D eigenvalue weighted by Crippen LogP contribution is 2.24. The Hall–Kier alpha value is -3.20. The highest BCUT2D eigenvalue weighted by Gasteiger charge is 2.24. The molecule has 1 atom stereocenters. The summed E-state index contributed by atoms with van der Waals surface area (Å²) in [6, 6.07) is 17.7. The first kappa shape index (κ1) is 23.5. The minimum absolute atomic E-state index is 0.00983. The van der Waals surface area contributed by atoms with Gasteiger partial charge in [-0.15, -0.1) is 0 Å². The minimum atomic E-state index is -3.95. The van der Waals surface area contributed by atoms with E-state index in [0.29, 0.717) is 16.3 Å². The Labute approximate surface area is 191 Å². The van der Waals surface area contributed by atoms with Gasteiger partial charge in [-0.1, -0.05) is 41.9 Å². The number of benzene rings is 3. The van der Waals surface area contributed by atoms with Crippen LogP contribution in [0.5, 0.6) is 5.75 Å². The van der Waals surface area contributed by atoms with E-state index in [-0.39, 0.29) is 21.9 Å². The number of carbonyl (C=O) groups excluding carboxylic acids is 2. The fourth-order valence-electron chi connectivity index (χ4n) is 2.91. The number of ether oxygens (including phenoxy) is 1. The second-order valence-electron chi connectivity index (χ2n) is 6.89. The monoisotopic (exact) mass is 472 g/mol. The standard InChI is InChI=1S/C23H21ClN2O5S/c1-15(26-32(29,30)19-11-9-18(31-2)10-12-19)23(28)25-21-13-8-17(24)14-20(21)22(27)16-6-4-3-5-7-16/h3-15,26H,1-2H3,(H,25,28)/t15-/m1/s1. The molecule has 0 aliphatic carbocycles. The van der Waals surface area contributed by atoms with Gasteiger partial charge in [-0.2, -0.15) is 4.72 Å². The number of hydrogen-bond acceptors (Lipinski definition) is 5. The Bertz CT molecular complexity index is 1230. The number of amides is 1. The molecule has 2 N–H and O–H groups in total. The third-order valence-electron chi connectivity index (χ3n) is 4.62. The van der Waals surface area contributed by atoms with Gasteiger partial charge in [0.15, 0.2) is 5.78 Å². The first-order valence-corrected chi connectivity index (χ1v) is 11.4. The third kappa shape index (κ3) is 5.53. The lowest BCUT2D eigenvalue weighted by Gasteiger charge is -2.16. The largest absolute Gasteiger partial charge is 0.497 e. The number of carbonyl (C=O) groups is 2. The topological polar surface area (TPSA) is 102 Å². The molecule has 0 spiro atoms. The Morgan fingerprint density at radius 2 is 1.62 bits per heavy atom. The van der Waals surface area contributed by atoms with Crippen LogP contribution in [0.4, 0.5) is 5.69 Å². The molecule has 0 bridgehead atoms. The molecule has 9 heteroatoms. The van der Waals surface area contributed by atoms with E-state index in [1.54, 1.807) is 30.3 Å². The van der Waals surface area contributed by atoms with Crippen LogP contribution >= 0.6 is 11.6 Å². The van der Waals surface area contributed by atoms with Crippen molar-refractivity contribution >= 4 is 39.0 Å². The quantitative estimate of drug-likeness (QED) is 0.484. The summed E-state index contributed by atoms with van der Waals surface area (Å²) in [4.78, 5) is 25.6. The third-order valence-corrected chi connectivity index (χ3v) is 6.41. The van der Waals surface area contributed by atoms with Crippen LogP contribution in [0.25, 0.3) is 0 Å². The van der Waals surface area contributed by atoms with Gasteiger partial charge < -0.3 is 10.1 Å². The summed E-state index contributed by atoms with van der Waals surface area (Å²) in [5.41, 5.74) is 0.851. The molecule has 0 aliphatic rings. The number of sulfonamides is 1. The summed E-state index contributed by atoms with van der Waals surface area (Å²) < 4.78 is 32.6. The molecule has 0 fully saturated rings. The van der Waals surface area contributed by atoms with Crippen molar-refractivity contribution in [2.45, 2.75) is 17.9 Å². The Morgan fingerprint density at radius 1 is 0.969 bits per heavy atom. The van der Waals surface area contributed by atoms with Crippen LogP contribution in [0.2, 0.25) is 5.02 Å². The van der Waals surface area contributed by atoms with Gasteiger partial charge in [0.25, 0.3) is 0 Å². The lowest BCUT2D eigenvalue weighted by atomic mass is 10.0.